The van der Waals surface area contributed by atoms with Crippen molar-refractivity contribution in [1.82, 2.24) is 10.6 Å². The van der Waals surface area contributed by atoms with Gasteiger partial charge in [0.05, 0.1) is 6.61 Å². The van der Waals surface area contributed by atoms with Gasteiger partial charge < -0.3 is 15.4 Å². The molecular weight excluding hydrogens is 216 g/mol. The van der Waals surface area contributed by atoms with E-state index in [1.165, 1.54) is 12.0 Å². The van der Waals surface area contributed by atoms with Crippen LogP contribution < -0.4 is 10.6 Å². The molecule has 1 unspecified atom stereocenters. The van der Waals surface area contributed by atoms with Gasteiger partial charge in [0.1, 0.15) is 5.82 Å². The lowest BCUT2D eigenvalue weighted by molar-refractivity contribution is -0.143. The van der Waals surface area contributed by atoms with Crippen LogP contribution in [0.1, 0.15) is 32.6 Å². The Kier molecular flexibility index (Phi) is 4.07. The average Bonchev–Trinajstić information content (AvgIpc) is 2.36. The molecule has 0 amide bonds. The first-order valence-corrected chi connectivity index (χ1v) is 6.37. The number of hydrogen-bond acceptors (Lipinski definition) is 4. The Hall–Kier alpha value is -1.45. The summed E-state index contributed by atoms with van der Waals surface area (Å²) in [5, 5.41) is 6.79. The summed E-state index contributed by atoms with van der Waals surface area (Å²) < 4.78 is 4.92. The third-order valence-electron chi connectivity index (χ3n) is 3.07. The molecule has 4 heteroatoms. The van der Waals surface area contributed by atoms with Crippen LogP contribution in [0.15, 0.2) is 23.5 Å². The molecule has 0 saturated heterocycles. The van der Waals surface area contributed by atoms with E-state index in [1.54, 1.807) is 0 Å². The maximum Gasteiger partial charge on any atom is 0.305 e. The van der Waals surface area contributed by atoms with Crippen molar-refractivity contribution >= 4 is 5.97 Å². The summed E-state index contributed by atoms with van der Waals surface area (Å²) in [5.74, 6) is 1.03. The fourth-order valence-electron chi connectivity index (χ4n) is 2.18. The largest absolute Gasteiger partial charge is 0.466 e. The molecule has 0 aromatic heterocycles. The first kappa shape index (κ1) is 12.0. The highest BCUT2D eigenvalue weighted by Crippen LogP contribution is 2.19. The molecule has 2 aliphatic rings. The molecule has 0 fully saturated rings. The second-order valence-corrected chi connectivity index (χ2v) is 4.38. The van der Waals surface area contributed by atoms with Crippen molar-refractivity contribution in [2.75, 3.05) is 13.2 Å². The lowest BCUT2D eigenvalue weighted by Crippen LogP contribution is -2.39. The van der Waals surface area contributed by atoms with Crippen molar-refractivity contribution in [2.24, 2.45) is 0 Å². The molecule has 94 valence electrons. The molecule has 4 nitrogen and oxygen atoms in total. The number of carbonyl (C=O) groups excluding carboxylic acids is 1. The zero-order chi connectivity index (χ0) is 12.1. The van der Waals surface area contributed by atoms with Crippen LogP contribution in [0.3, 0.4) is 0 Å². The normalized spacial score (nSPS) is 22.5. The molecule has 0 radical (unpaired) electrons. The summed E-state index contributed by atoms with van der Waals surface area (Å²) in [6, 6.07) is 0.240. The summed E-state index contributed by atoms with van der Waals surface area (Å²) >= 11 is 0. The topological polar surface area (TPSA) is 50.4 Å². The maximum absolute atomic E-state index is 11.3. The van der Waals surface area contributed by atoms with Gasteiger partial charge in [0.15, 0.2) is 0 Å². The molecular formula is C13H20N2O2. The predicted molar refractivity (Wildman–Crippen MR) is 66.2 cm³/mol. The van der Waals surface area contributed by atoms with Gasteiger partial charge in [-0.05, 0) is 31.8 Å². The maximum atomic E-state index is 11.3. The van der Waals surface area contributed by atoms with Gasteiger partial charge in [-0.1, -0.05) is 12.2 Å². The van der Waals surface area contributed by atoms with E-state index in [0.717, 1.165) is 25.2 Å². The van der Waals surface area contributed by atoms with Gasteiger partial charge >= 0.3 is 5.97 Å². The van der Waals surface area contributed by atoms with E-state index in [9.17, 15) is 4.79 Å². The van der Waals surface area contributed by atoms with E-state index in [1.807, 2.05) is 6.92 Å². The summed E-state index contributed by atoms with van der Waals surface area (Å²) in [4.78, 5) is 11.3. The lowest BCUT2D eigenvalue weighted by Gasteiger charge is -2.29. The SMILES string of the molecule is CCOC(=O)CCC1C=CC2=C(NCCC2)N1. The molecule has 0 spiro atoms. The minimum absolute atomic E-state index is 0.112. The average molecular weight is 236 g/mol. The third kappa shape index (κ3) is 3.25. The highest BCUT2D eigenvalue weighted by Gasteiger charge is 2.18. The summed E-state index contributed by atoms with van der Waals surface area (Å²) in [6.45, 7) is 3.33. The molecule has 2 aliphatic heterocycles. The van der Waals surface area contributed by atoms with Crippen molar-refractivity contribution < 1.29 is 9.53 Å². The first-order chi connectivity index (χ1) is 8.29. The van der Waals surface area contributed by atoms with Crippen LogP contribution in [0, 0.1) is 0 Å². The zero-order valence-corrected chi connectivity index (χ0v) is 10.3. The van der Waals surface area contributed by atoms with E-state index in [4.69, 9.17) is 4.74 Å². The molecule has 1 atom stereocenters. The second-order valence-electron chi connectivity index (χ2n) is 4.38. The van der Waals surface area contributed by atoms with Crippen LogP contribution in [0.5, 0.6) is 0 Å². The number of allylic oxidation sites excluding steroid dienone is 2. The molecule has 0 aromatic rings. The molecule has 0 bridgehead atoms. The Morgan fingerprint density at radius 3 is 3.29 bits per heavy atom. The number of esters is 1. The second kappa shape index (κ2) is 5.75. The van der Waals surface area contributed by atoms with Crippen LogP contribution >= 0.6 is 0 Å². The highest BCUT2D eigenvalue weighted by atomic mass is 16.5. The number of nitrogens with one attached hydrogen (secondary N) is 2. The number of dihydropyridines is 1. The highest BCUT2D eigenvalue weighted by molar-refractivity contribution is 5.69. The molecule has 0 aromatic carbocycles. The molecule has 0 saturated carbocycles. The van der Waals surface area contributed by atoms with E-state index >= 15 is 0 Å². The summed E-state index contributed by atoms with van der Waals surface area (Å²) in [5.41, 5.74) is 1.35. The van der Waals surface area contributed by atoms with Crippen molar-refractivity contribution in [3.05, 3.63) is 23.5 Å². The van der Waals surface area contributed by atoms with Crippen LogP contribution in [0.2, 0.25) is 0 Å². The van der Waals surface area contributed by atoms with Gasteiger partial charge in [0.2, 0.25) is 0 Å². The predicted octanol–water partition coefficient (Wildman–Crippen LogP) is 1.45. The van der Waals surface area contributed by atoms with Gasteiger partial charge in [-0.3, -0.25) is 4.79 Å². The van der Waals surface area contributed by atoms with E-state index in [2.05, 4.69) is 22.8 Å². The number of rotatable bonds is 4. The first-order valence-electron chi connectivity index (χ1n) is 6.37. The van der Waals surface area contributed by atoms with Crippen molar-refractivity contribution in [2.45, 2.75) is 38.6 Å². The Labute approximate surface area is 102 Å². The fraction of sp³-hybridized carbons (Fsp3) is 0.615. The minimum atomic E-state index is -0.112. The smallest absolute Gasteiger partial charge is 0.305 e. The summed E-state index contributed by atoms with van der Waals surface area (Å²) in [6.07, 6.45) is 7.90. The zero-order valence-electron chi connectivity index (χ0n) is 10.3. The molecule has 2 heterocycles. The fourth-order valence-corrected chi connectivity index (χ4v) is 2.18. The molecule has 0 aliphatic carbocycles. The van der Waals surface area contributed by atoms with Crippen LogP contribution in [-0.4, -0.2) is 25.2 Å². The van der Waals surface area contributed by atoms with Gasteiger partial charge in [0.25, 0.3) is 0 Å². The van der Waals surface area contributed by atoms with Crippen molar-refractivity contribution in [3.63, 3.8) is 0 Å². The van der Waals surface area contributed by atoms with Gasteiger partial charge in [0, 0.05) is 19.0 Å². The van der Waals surface area contributed by atoms with Crippen LogP contribution in [-0.2, 0) is 9.53 Å². The van der Waals surface area contributed by atoms with E-state index < -0.39 is 0 Å². The number of ether oxygens (including phenoxy) is 1. The number of carbonyl (C=O) groups is 1. The van der Waals surface area contributed by atoms with E-state index in [0.29, 0.717) is 13.0 Å². The van der Waals surface area contributed by atoms with Crippen molar-refractivity contribution in [1.29, 1.82) is 0 Å². The van der Waals surface area contributed by atoms with E-state index in [-0.39, 0.29) is 12.0 Å². The van der Waals surface area contributed by atoms with Gasteiger partial charge in [-0.15, -0.1) is 0 Å². The Morgan fingerprint density at radius 1 is 1.59 bits per heavy atom. The van der Waals surface area contributed by atoms with Crippen LogP contribution in [0.25, 0.3) is 0 Å². The Bertz CT molecular complexity index is 347. The van der Waals surface area contributed by atoms with Gasteiger partial charge in [-0.2, -0.15) is 0 Å². The summed E-state index contributed by atoms with van der Waals surface area (Å²) in [7, 11) is 0. The monoisotopic (exact) mass is 236 g/mol. The lowest BCUT2D eigenvalue weighted by atomic mass is 10.00. The Balaban J connectivity index is 1.80. The third-order valence-corrected chi connectivity index (χ3v) is 3.07. The van der Waals surface area contributed by atoms with Crippen LogP contribution in [0.4, 0.5) is 0 Å². The molecule has 2 rings (SSSR count). The Morgan fingerprint density at radius 2 is 2.47 bits per heavy atom. The minimum Gasteiger partial charge on any atom is -0.466 e. The number of hydrogen-bond donors (Lipinski definition) is 2. The van der Waals surface area contributed by atoms with Crippen molar-refractivity contribution in [3.8, 4) is 0 Å². The molecule has 17 heavy (non-hydrogen) atoms. The quantitative estimate of drug-likeness (QED) is 0.725. The molecule has 2 N–H and O–H groups in total. The standard InChI is InChI=1S/C13H20N2O2/c1-2-17-12(16)8-7-11-6-5-10-4-3-9-14-13(10)15-11/h5-6,11,14-15H,2-4,7-9H2,1H3. The van der Waals surface area contributed by atoms with Gasteiger partial charge in [-0.25, -0.2) is 0 Å².